The molecular formula is C29H30N2O5S. The number of rotatable bonds is 9. The van der Waals surface area contributed by atoms with Crippen molar-refractivity contribution in [3.8, 4) is 5.75 Å². The molecule has 3 heterocycles. The number of fused-ring (bicyclic) bond motifs is 3. The fourth-order valence-electron chi connectivity index (χ4n) is 4.82. The minimum atomic E-state index is -0.957. The van der Waals surface area contributed by atoms with Crippen LogP contribution in [0.5, 0.6) is 5.75 Å². The topological polar surface area (TPSA) is 88.1 Å². The van der Waals surface area contributed by atoms with Crippen molar-refractivity contribution < 1.29 is 24.2 Å². The number of carboxylic acid groups (broad SMARTS) is 1. The van der Waals surface area contributed by atoms with Crippen LogP contribution >= 0.6 is 11.8 Å². The fraction of sp³-hybridized carbons (Fsp3) is 0.310. The third-order valence-corrected chi connectivity index (χ3v) is 8.04. The first-order chi connectivity index (χ1) is 18.0. The van der Waals surface area contributed by atoms with E-state index >= 15 is 0 Å². The quantitative estimate of drug-likeness (QED) is 0.283. The number of hydrogen-bond donors (Lipinski definition) is 2. The van der Waals surface area contributed by atoms with Crippen LogP contribution in [0.15, 0.2) is 83.8 Å². The number of carboxylic acids is 1. The lowest BCUT2D eigenvalue weighted by molar-refractivity contribution is -0.0333. The van der Waals surface area contributed by atoms with E-state index in [1.54, 1.807) is 36.0 Å². The predicted molar refractivity (Wildman–Crippen MR) is 142 cm³/mol. The van der Waals surface area contributed by atoms with Crippen molar-refractivity contribution in [1.29, 1.82) is 0 Å². The first-order valence-corrected chi connectivity index (χ1v) is 13.4. The first kappa shape index (κ1) is 25.2. The number of ether oxygens (including phenoxy) is 2. The SMILES string of the molecule is O=C(N[C@@H](Sc1ccccc1)c1cccc(OCc2ccc(C(=O)O)cc2)c1)O[C@H]1CN2CCC1CC2. The molecule has 2 bridgehead atoms. The van der Waals surface area contributed by atoms with E-state index in [1.165, 1.54) is 0 Å². The Balaban J connectivity index is 1.27. The number of hydrogen-bond acceptors (Lipinski definition) is 6. The lowest BCUT2D eigenvalue weighted by atomic mass is 9.86. The standard InChI is InChI=1S/C29H30N2O5S/c32-28(33)22-11-9-20(10-12-22)19-35-24-6-4-5-23(17-24)27(37-25-7-2-1-3-8-25)30-29(34)36-26-18-31-15-13-21(26)14-16-31/h1-12,17,21,26-27H,13-16,18-19H2,(H,30,34)(H,32,33)/t26-,27-/m0/s1. The van der Waals surface area contributed by atoms with Gasteiger partial charge in [-0.1, -0.05) is 54.2 Å². The molecule has 6 rings (SSSR count). The lowest BCUT2D eigenvalue weighted by Gasteiger charge is -2.43. The smallest absolute Gasteiger partial charge is 0.408 e. The highest BCUT2D eigenvalue weighted by atomic mass is 32.2. The Hall–Kier alpha value is -3.49. The summed E-state index contributed by atoms with van der Waals surface area (Å²) in [6, 6.07) is 24.2. The summed E-state index contributed by atoms with van der Waals surface area (Å²) < 4.78 is 11.9. The van der Waals surface area contributed by atoms with E-state index in [0.717, 1.165) is 48.5 Å². The van der Waals surface area contributed by atoms with Crippen LogP contribution in [-0.2, 0) is 11.3 Å². The number of piperidine rings is 3. The Kier molecular flexibility index (Phi) is 7.96. The van der Waals surface area contributed by atoms with Gasteiger partial charge in [0, 0.05) is 11.4 Å². The number of nitrogens with one attached hydrogen (secondary N) is 1. The lowest BCUT2D eigenvalue weighted by Crippen LogP contribution is -2.52. The highest BCUT2D eigenvalue weighted by molar-refractivity contribution is 7.99. The predicted octanol–water partition coefficient (Wildman–Crippen LogP) is 5.58. The van der Waals surface area contributed by atoms with Crippen molar-refractivity contribution in [3.05, 3.63) is 95.6 Å². The van der Waals surface area contributed by atoms with Gasteiger partial charge in [0.1, 0.15) is 23.8 Å². The number of alkyl carbamates (subject to hydrolysis) is 1. The number of benzene rings is 3. The number of aromatic carboxylic acids is 1. The number of carbonyl (C=O) groups excluding carboxylic acids is 1. The monoisotopic (exact) mass is 518 g/mol. The second kappa shape index (κ2) is 11.7. The molecule has 8 heteroatoms. The summed E-state index contributed by atoms with van der Waals surface area (Å²) in [6.45, 7) is 3.30. The molecule has 1 amide bonds. The summed E-state index contributed by atoms with van der Waals surface area (Å²) in [5, 5.41) is 11.8. The van der Waals surface area contributed by atoms with Crippen LogP contribution in [0.2, 0.25) is 0 Å². The Bertz CT molecular complexity index is 1210. The van der Waals surface area contributed by atoms with E-state index in [4.69, 9.17) is 14.6 Å². The fourth-order valence-corrected chi connectivity index (χ4v) is 5.84. The van der Waals surface area contributed by atoms with E-state index in [-0.39, 0.29) is 17.0 Å². The molecule has 0 aliphatic carbocycles. The van der Waals surface area contributed by atoms with Crippen molar-refractivity contribution in [2.75, 3.05) is 19.6 Å². The molecule has 3 saturated heterocycles. The summed E-state index contributed by atoms with van der Waals surface area (Å²) in [5.74, 6) is 0.143. The van der Waals surface area contributed by atoms with Crippen LogP contribution in [0, 0.1) is 5.92 Å². The summed E-state index contributed by atoms with van der Waals surface area (Å²) in [7, 11) is 0. The molecule has 2 N–H and O–H groups in total. The van der Waals surface area contributed by atoms with Crippen molar-refractivity contribution in [2.24, 2.45) is 5.92 Å². The van der Waals surface area contributed by atoms with Gasteiger partial charge in [0.05, 0.1) is 5.56 Å². The third kappa shape index (κ3) is 6.64. The molecule has 3 aromatic rings. The van der Waals surface area contributed by atoms with Gasteiger partial charge in [-0.3, -0.25) is 4.90 Å². The van der Waals surface area contributed by atoms with Crippen molar-refractivity contribution in [1.82, 2.24) is 10.2 Å². The molecule has 3 fully saturated rings. The second-order valence-corrected chi connectivity index (χ2v) is 10.6. The van der Waals surface area contributed by atoms with E-state index in [1.807, 2.05) is 54.6 Å². The zero-order valence-electron chi connectivity index (χ0n) is 20.4. The van der Waals surface area contributed by atoms with Crippen molar-refractivity contribution in [3.63, 3.8) is 0 Å². The Labute approximate surface area is 220 Å². The van der Waals surface area contributed by atoms with Crippen LogP contribution in [0.25, 0.3) is 0 Å². The molecule has 0 saturated carbocycles. The van der Waals surface area contributed by atoms with Gasteiger partial charge in [0.15, 0.2) is 0 Å². The molecular weight excluding hydrogens is 488 g/mol. The van der Waals surface area contributed by atoms with Crippen molar-refractivity contribution >= 4 is 23.8 Å². The largest absolute Gasteiger partial charge is 0.489 e. The molecule has 3 aliphatic heterocycles. The van der Waals surface area contributed by atoms with Crippen LogP contribution in [0.1, 0.15) is 39.7 Å². The second-order valence-electron chi connectivity index (χ2n) is 9.40. The molecule has 7 nitrogen and oxygen atoms in total. The molecule has 37 heavy (non-hydrogen) atoms. The summed E-state index contributed by atoms with van der Waals surface area (Å²) >= 11 is 1.54. The average molecular weight is 519 g/mol. The maximum absolute atomic E-state index is 13.0. The molecule has 2 atom stereocenters. The zero-order chi connectivity index (χ0) is 25.6. The molecule has 192 valence electrons. The van der Waals surface area contributed by atoms with Gasteiger partial charge < -0.3 is 19.9 Å². The van der Waals surface area contributed by atoms with Crippen LogP contribution in [-0.4, -0.2) is 47.8 Å². The number of carbonyl (C=O) groups is 2. The van der Waals surface area contributed by atoms with Crippen LogP contribution in [0.4, 0.5) is 4.79 Å². The van der Waals surface area contributed by atoms with Gasteiger partial charge in [-0.2, -0.15) is 0 Å². The van der Waals surface area contributed by atoms with Crippen LogP contribution < -0.4 is 10.1 Å². The van der Waals surface area contributed by atoms with Gasteiger partial charge >= 0.3 is 12.1 Å². The van der Waals surface area contributed by atoms with Crippen LogP contribution in [0.3, 0.4) is 0 Å². The number of thioether (sulfide) groups is 1. The summed E-state index contributed by atoms with van der Waals surface area (Å²) in [5.41, 5.74) is 1.99. The minimum Gasteiger partial charge on any atom is -0.489 e. The maximum Gasteiger partial charge on any atom is 0.408 e. The van der Waals surface area contributed by atoms with Gasteiger partial charge in [0.25, 0.3) is 0 Å². The van der Waals surface area contributed by atoms with E-state index in [0.29, 0.717) is 18.3 Å². The van der Waals surface area contributed by atoms with Gasteiger partial charge in [-0.05, 0) is 79.4 Å². The van der Waals surface area contributed by atoms with Gasteiger partial charge in [-0.15, -0.1) is 0 Å². The minimum absolute atomic E-state index is 0.0629. The highest BCUT2D eigenvalue weighted by Gasteiger charge is 2.36. The third-order valence-electron chi connectivity index (χ3n) is 6.87. The zero-order valence-corrected chi connectivity index (χ0v) is 21.2. The Morgan fingerprint density at radius 2 is 1.76 bits per heavy atom. The Morgan fingerprint density at radius 3 is 2.43 bits per heavy atom. The average Bonchev–Trinajstić information content (AvgIpc) is 2.93. The molecule has 0 radical (unpaired) electrons. The highest BCUT2D eigenvalue weighted by Crippen LogP contribution is 2.35. The normalized spacial score (nSPS) is 21.1. The summed E-state index contributed by atoms with van der Waals surface area (Å²) in [6.07, 6.45) is 1.70. The number of amides is 1. The van der Waals surface area contributed by atoms with Gasteiger partial charge in [0.2, 0.25) is 0 Å². The van der Waals surface area contributed by atoms with Gasteiger partial charge in [-0.25, -0.2) is 9.59 Å². The van der Waals surface area contributed by atoms with E-state index < -0.39 is 12.1 Å². The Morgan fingerprint density at radius 1 is 1.00 bits per heavy atom. The maximum atomic E-state index is 13.0. The number of nitrogens with zero attached hydrogens (tertiary/aromatic N) is 1. The van der Waals surface area contributed by atoms with E-state index in [2.05, 4.69) is 10.2 Å². The summed E-state index contributed by atoms with van der Waals surface area (Å²) in [4.78, 5) is 27.5. The van der Waals surface area contributed by atoms with E-state index in [9.17, 15) is 9.59 Å². The molecule has 0 unspecified atom stereocenters. The molecule has 0 aromatic heterocycles. The molecule has 3 aliphatic rings. The van der Waals surface area contributed by atoms with Crippen molar-refractivity contribution in [2.45, 2.75) is 35.8 Å². The molecule has 3 aromatic carbocycles. The molecule has 0 spiro atoms. The first-order valence-electron chi connectivity index (χ1n) is 12.5.